The molecule has 0 saturated heterocycles. The summed E-state index contributed by atoms with van der Waals surface area (Å²) in [6, 6.07) is 5.35. The SMILES string of the molecule is COc1ccc(NC2=CC(=O)N(CCO)C2=O)cc1I. The molecule has 0 aliphatic carbocycles. The molecule has 1 aliphatic heterocycles. The van der Waals surface area contributed by atoms with Gasteiger partial charge in [0, 0.05) is 11.8 Å². The van der Waals surface area contributed by atoms with Crippen molar-refractivity contribution in [2.24, 2.45) is 0 Å². The van der Waals surface area contributed by atoms with E-state index in [-0.39, 0.29) is 18.8 Å². The molecule has 7 heteroatoms. The van der Waals surface area contributed by atoms with Gasteiger partial charge in [-0.15, -0.1) is 0 Å². The average Bonchev–Trinajstić information content (AvgIpc) is 2.67. The van der Waals surface area contributed by atoms with Crippen molar-refractivity contribution < 1.29 is 19.4 Å². The summed E-state index contributed by atoms with van der Waals surface area (Å²) in [4.78, 5) is 24.6. The van der Waals surface area contributed by atoms with Crippen molar-refractivity contribution in [2.45, 2.75) is 0 Å². The lowest BCUT2D eigenvalue weighted by atomic mass is 10.3. The number of nitrogens with zero attached hydrogens (tertiary/aromatic N) is 1. The molecular formula is C13H13IN2O4. The molecule has 2 rings (SSSR count). The van der Waals surface area contributed by atoms with Crippen LogP contribution in [-0.4, -0.2) is 42.1 Å². The first kappa shape index (κ1) is 14.8. The largest absolute Gasteiger partial charge is 0.496 e. The van der Waals surface area contributed by atoms with Crippen molar-refractivity contribution in [3.8, 4) is 5.75 Å². The predicted molar refractivity (Wildman–Crippen MR) is 81.2 cm³/mol. The lowest BCUT2D eigenvalue weighted by Crippen LogP contribution is -2.34. The minimum atomic E-state index is -0.435. The minimum absolute atomic E-state index is 0.000502. The number of rotatable bonds is 5. The smallest absolute Gasteiger partial charge is 0.277 e. The third-order valence-corrected chi connectivity index (χ3v) is 3.61. The van der Waals surface area contributed by atoms with E-state index < -0.39 is 11.8 Å². The topological polar surface area (TPSA) is 78.9 Å². The highest BCUT2D eigenvalue weighted by Crippen LogP contribution is 2.25. The number of nitrogens with one attached hydrogen (secondary N) is 1. The number of aliphatic hydroxyl groups is 1. The first-order valence-electron chi connectivity index (χ1n) is 5.85. The lowest BCUT2D eigenvalue weighted by molar-refractivity contribution is -0.137. The Balaban J connectivity index is 2.15. The fourth-order valence-electron chi connectivity index (χ4n) is 1.81. The first-order chi connectivity index (χ1) is 9.56. The number of anilines is 1. The molecule has 0 fully saturated rings. The summed E-state index contributed by atoms with van der Waals surface area (Å²) in [7, 11) is 1.58. The normalized spacial score (nSPS) is 14.6. The minimum Gasteiger partial charge on any atom is -0.496 e. The van der Waals surface area contributed by atoms with E-state index in [1.54, 1.807) is 19.2 Å². The maximum atomic E-state index is 12.0. The summed E-state index contributed by atoms with van der Waals surface area (Å²) in [6.45, 7) is -0.251. The molecule has 0 unspecified atom stereocenters. The number of β-amino-alcohol motifs (C(OH)–C–C–N with tert-alkyl or cyclic N) is 1. The Bertz CT molecular complexity index is 586. The summed E-state index contributed by atoms with van der Waals surface area (Å²) < 4.78 is 6.04. The van der Waals surface area contributed by atoms with Crippen LogP contribution in [0.3, 0.4) is 0 Å². The van der Waals surface area contributed by atoms with Crippen LogP contribution in [0, 0.1) is 3.57 Å². The Kier molecular flexibility index (Phi) is 4.61. The number of ether oxygens (including phenoxy) is 1. The second-order valence-electron chi connectivity index (χ2n) is 4.05. The van der Waals surface area contributed by atoms with Gasteiger partial charge in [0.1, 0.15) is 11.4 Å². The zero-order chi connectivity index (χ0) is 14.7. The van der Waals surface area contributed by atoms with Crippen LogP contribution in [0.4, 0.5) is 5.69 Å². The maximum absolute atomic E-state index is 12.0. The Morgan fingerprint density at radius 1 is 1.40 bits per heavy atom. The van der Waals surface area contributed by atoms with Crippen LogP contribution < -0.4 is 10.1 Å². The highest BCUT2D eigenvalue weighted by Gasteiger charge is 2.30. The number of amides is 2. The average molecular weight is 388 g/mol. The van der Waals surface area contributed by atoms with Crippen LogP contribution in [-0.2, 0) is 9.59 Å². The fourth-order valence-corrected chi connectivity index (χ4v) is 2.55. The van der Waals surface area contributed by atoms with Crippen molar-refractivity contribution in [3.05, 3.63) is 33.5 Å². The molecule has 2 amide bonds. The van der Waals surface area contributed by atoms with Crippen LogP contribution in [0.1, 0.15) is 0 Å². The maximum Gasteiger partial charge on any atom is 0.277 e. The summed E-state index contributed by atoms with van der Waals surface area (Å²) >= 11 is 2.12. The van der Waals surface area contributed by atoms with E-state index in [2.05, 4.69) is 27.9 Å². The van der Waals surface area contributed by atoms with Crippen molar-refractivity contribution >= 4 is 40.1 Å². The van der Waals surface area contributed by atoms with Crippen LogP contribution in [0.25, 0.3) is 0 Å². The second-order valence-corrected chi connectivity index (χ2v) is 5.21. The number of benzene rings is 1. The van der Waals surface area contributed by atoms with E-state index in [1.807, 2.05) is 6.07 Å². The Morgan fingerprint density at radius 3 is 2.75 bits per heavy atom. The molecule has 0 radical (unpaired) electrons. The quantitative estimate of drug-likeness (QED) is 0.581. The van der Waals surface area contributed by atoms with Gasteiger partial charge in [-0.1, -0.05) is 0 Å². The highest BCUT2D eigenvalue weighted by atomic mass is 127. The molecular weight excluding hydrogens is 375 g/mol. The van der Waals surface area contributed by atoms with Gasteiger partial charge in [0.15, 0.2) is 0 Å². The van der Waals surface area contributed by atoms with E-state index >= 15 is 0 Å². The van der Waals surface area contributed by atoms with Crippen LogP contribution >= 0.6 is 22.6 Å². The number of methoxy groups -OCH3 is 1. The Morgan fingerprint density at radius 2 is 2.15 bits per heavy atom. The van der Waals surface area contributed by atoms with Crippen LogP contribution in [0.5, 0.6) is 5.75 Å². The Labute approximate surface area is 129 Å². The molecule has 0 bridgehead atoms. The number of halogens is 1. The summed E-state index contributed by atoms with van der Waals surface area (Å²) in [5.74, 6) is -0.120. The highest BCUT2D eigenvalue weighted by molar-refractivity contribution is 14.1. The predicted octanol–water partition coefficient (Wildman–Crippen LogP) is 0.957. The number of hydrogen-bond donors (Lipinski definition) is 2. The van der Waals surface area contributed by atoms with E-state index in [0.29, 0.717) is 5.69 Å². The molecule has 1 aromatic carbocycles. The lowest BCUT2D eigenvalue weighted by Gasteiger charge is -2.13. The van der Waals surface area contributed by atoms with Gasteiger partial charge in [-0.2, -0.15) is 0 Å². The summed E-state index contributed by atoms with van der Waals surface area (Å²) in [5.41, 5.74) is 0.887. The number of aliphatic hydroxyl groups excluding tert-OH is 1. The Hall–Kier alpha value is -1.61. The summed E-state index contributed by atoms with van der Waals surface area (Å²) in [6.07, 6.45) is 1.23. The van der Waals surface area contributed by atoms with Gasteiger partial charge in [-0.05, 0) is 40.8 Å². The van der Waals surface area contributed by atoms with E-state index in [4.69, 9.17) is 9.84 Å². The third-order valence-electron chi connectivity index (χ3n) is 2.76. The summed E-state index contributed by atoms with van der Waals surface area (Å²) in [5, 5.41) is 11.7. The van der Waals surface area contributed by atoms with Gasteiger partial charge in [0.2, 0.25) is 0 Å². The van der Waals surface area contributed by atoms with Crippen molar-refractivity contribution in [3.63, 3.8) is 0 Å². The van der Waals surface area contributed by atoms with Crippen molar-refractivity contribution in [1.82, 2.24) is 4.90 Å². The van der Waals surface area contributed by atoms with Crippen molar-refractivity contribution in [1.29, 1.82) is 0 Å². The zero-order valence-corrected chi connectivity index (χ0v) is 12.9. The van der Waals surface area contributed by atoms with E-state index in [0.717, 1.165) is 14.2 Å². The molecule has 106 valence electrons. The zero-order valence-electron chi connectivity index (χ0n) is 10.7. The van der Waals surface area contributed by atoms with Gasteiger partial charge in [-0.3, -0.25) is 14.5 Å². The molecule has 0 spiro atoms. The van der Waals surface area contributed by atoms with Crippen molar-refractivity contribution in [2.75, 3.05) is 25.6 Å². The molecule has 0 atom stereocenters. The third kappa shape index (κ3) is 2.93. The standard InChI is InChI=1S/C13H13IN2O4/c1-20-11-3-2-8(6-9(11)14)15-10-7-12(18)16(4-5-17)13(10)19/h2-3,6-7,15,17H,4-5H2,1H3. The van der Waals surface area contributed by atoms with Gasteiger partial charge in [0.25, 0.3) is 11.8 Å². The van der Waals surface area contributed by atoms with Crippen LogP contribution in [0.15, 0.2) is 30.0 Å². The van der Waals surface area contributed by atoms with Gasteiger partial charge < -0.3 is 15.2 Å². The second kappa shape index (κ2) is 6.23. The number of carbonyl (C=O) groups excluding carboxylic acids is 2. The molecule has 1 heterocycles. The van der Waals surface area contributed by atoms with Gasteiger partial charge >= 0.3 is 0 Å². The molecule has 1 aromatic rings. The van der Waals surface area contributed by atoms with E-state index in [9.17, 15) is 9.59 Å². The van der Waals surface area contributed by atoms with Gasteiger partial charge in [-0.25, -0.2) is 0 Å². The number of carbonyl (C=O) groups is 2. The molecule has 0 saturated carbocycles. The molecule has 1 aliphatic rings. The first-order valence-corrected chi connectivity index (χ1v) is 6.93. The molecule has 2 N–H and O–H groups in total. The van der Waals surface area contributed by atoms with Crippen LogP contribution in [0.2, 0.25) is 0 Å². The molecule has 20 heavy (non-hydrogen) atoms. The monoisotopic (exact) mass is 388 g/mol. The fraction of sp³-hybridized carbons (Fsp3) is 0.231. The molecule has 6 nitrogen and oxygen atoms in total. The molecule has 0 aromatic heterocycles. The van der Waals surface area contributed by atoms with E-state index in [1.165, 1.54) is 6.08 Å². The number of hydrogen-bond acceptors (Lipinski definition) is 5. The number of imide groups is 1. The van der Waals surface area contributed by atoms with Gasteiger partial charge in [0.05, 0.1) is 23.8 Å².